The summed E-state index contributed by atoms with van der Waals surface area (Å²) in [6.07, 6.45) is 2.25. The van der Waals surface area contributed by atoms with E-state index in [1.807, 2.05) is 38.1 Å². The lowest BCUT2D eigenvalue weighted by atomic mass is 10.0. The van der Waals surface area contributed by atoms with E-state index < -0.39 is 17.8 Å². The van der Waals surface area contributed by atoms with Gasteiger partial charge in [-0.25, -0.2) is 0 Å². The van der Waals surface area contributed by atoms with E-state index in [1.54, 1.807) is 4.90 Å². The highest BCUT2D eigenvalue weighted by Gasteiger charge is 2.36. The predicted octanol–water partition coefficient (Wildman–Crippen LogP) is 2.22. The van der Waals surface area contributed by atoms with Crippen LogP contribution >= 0.6 is 0 Å². The van der Waals surface area contributed by atoms with Crippen molar-refractivity contribution in [2.45, 2.75) is 39.5 Å². The van der Waals surface area contributed by atoms with Gasteiger partial charge >= 0.3 is 5.97 Å². The molecule has 0 radical (unpaired) electrons. The standard InChI is InChI=1S/C19H26N2O4/c1-3-7-14(19(24)25)11-20-18(23)15-10-17(22)21(12-15)16-9-6-5-8-13(16)4-2/h5-6,8-9,14-15H,3-4,7,10-12H2,1-2H3,(H,20,23)(H,24,25). The lowest BCUT2D eigenvalue weighted by molar-refractivity contribution is -0.142. The summed E-state index contributed by atoms with van der Waals surface area (Å²) >= 11 is 0. The monoisotopic (exact) mass is 346 g/mol. The van der Waals surface area contributed by atoms with Crippen LogP contribution in [0.3, 0.4) is 0 Å². The van der Waals surface area contributed by atoms with Gasteiger partial charge in [0.2, 0.25) is 11.8 Å². The topological polar surface area (TPSA) is 86.7 Å². The molecule has 1 aliphatic rings. The summed E-state index contributed by atoms with van der Waals surface area (Å²) in [6, 6.07) is 7.71. The number of carbonyl (C=O) groups is 3. The van der Waals surface area contributed by atoms with Gasteiger partial charge in [0, 0.05) is 25.2 Å². The van der Waals surface area contributed by atoms with Gasteiger partial charge in [0.25, 0.3) is 0 Å². The van der Waals surface area contributed by atoms with Crippen molar-refractivity contribution in [3.63, 3.8) is 0 Å². The molecule has 0 aliphatic carbocycles. The molecule has 136 valence electrons. The normalized spacial score (nSPS) is 18.2. The fourth-order valence-electron chi connectivity index (χ4n) is 3.22. The molecular weight excluding hydrogens is 320 g/mol. The van der Waals surface area contributed by atoms with Gasteiger partial charge in [0.1, 0.15) is 0 Å². The third-order valence-electron chi connectivity index (χ3n) is 4.67. The van der Waals surface area contributed by atoms with Gasteiger partial charge < -0.3 is 15.3 Å². The number of nitrogens with one attached hydrogen (secondary N) is 1. The van der Waals surface area contributed by atoms with Crippen LogP contribution in [0.1, 0.15) is 38.7 Å². The first-order valence-corrected chi connectivity index (χ1v) is 8.86. The quantitative estimate of drug-likeness (QED) is 0.756. The Morgan fingerprint density at radius 3 is 2.68 bits per heavy atom. The molecule has 2 N–H and O–H groups in total. The Kier molecular flexibility index (Phi) is 6.56. The molecule has 1 fully saturated rings. The molecule has 2 atom stereocenters. The van der Waals surface area contributed by atoms with E-state index in [2.05, 4.69) is 5.32 Å². The molecular formula is C19H26N2O4. The van der Waals surface area contributed by atoms with E-state index in [9.17, 15) is 14.4 Å². The zero-order chi connectivity index (χ0) is 18.4. The molecule has 6 heteroatoms. The molecule has 6 nitrogen and oxygen atoms in total. The number of rotatable bonds is 8. The van der Waals surface area contributed by atoms with Gasteiger partial charge in [0.05, 0.1) is 11.8 Å². The summed E-state index contributed by atoms with van der Waals surface area (Å²) in [6.45, 7) is 4.39. The van der Waals surface area contributed by atoms with E-state index in [1.165, 1.54) is 0 Å². The van der Waals surface area contributed by atoms with Crippen LogP contribution < -0.4 is 10.2 Å². The summed E-state index contributed by atoms with van der Waals surface area (Å²) in [4.78, 5) is 37.6. The van der Waals surface area contributed by atoms with E-state index in [4.69, 9.17) is 5.11 Å². The molecule has 25 heavy (non-hydrogen) atoms. The average molecular weight is 346 g/mol. The third kappa shape index (κ3) is 4.59. The number of nitrogens with zero attached hydrogens (tertiary/aromatic N) is 1. The Morgan fingerprint density at radius 2 is 2.04 bits per heavy atom. The summed E-state index contributed by atoms with van der Waals surface area (Å²) in [7, 11) is 0. The first-order chi connectivity index (χ1) is 12.0. The van der Waals surface area contributed by atoms with Gasteiger partial charge in [-0.1, -0.05) is 38.5 Å². The highest BCUT2D eigenvalue weighted by molar-refractivity contribution is 6.00. The van der Waals surface area contributed by atoms with Gasteiger partial charge in [-0.15, -0.1) is 0 Å². The van der Waals surface area contributed by atoms with Gasteiger partial charge in [-0.3, -0.25) is 14.4 Å². The second-order valence-electron chi connectivity index (χ2n) is 6.46. The number of carbonyl (C=O) groups excluding carboxylic acids is 2. The number of anilines is 1. The van der Waals surface area contributed by atoms with Crippen molar-refractivity contribution in [2.24, 2.45) is 11.8 Å². The molecule has 0 aromatic heterocycles. The van der Waals surface area contributed by atoms with Crippen molar-refractivity contribution in [1.29, 1.82) is 0 Å². The molecule has 1 aromatic carbocycles. The number of hydrogen-bond donors (Lipinski definition) is 2. The number of carboxylic acid groups (broad SMARTS) is 1. The number of para-hydroxylation sites is 1. The second kappa shape index (κ2) is 8.65. The molecule has 1 saturated heterocycles. The van der Waals surface area contributed by atoms with E-state index >= 15 is 0 Å². The maximum absolute atomic E-state index is 12.4. The lowest BCUT2D eigenvalue weighted by Crippen LogP contribution is -2.37. The number of aryl methyl sites for hydroxylation is 1. The van der Waals surface area contributed by atoms with Crippen molar-refractivity contribution in [3.8, 4) is 0 Å². The molecule has 0 spiro atoms. The largest absolute Gasteiger partial charge is 0.481 e. The Labute approximate surface area is 148 Å². The second-order valence-corrected chi connectivity index (χ2v) is 6.46. The summed E-state index contributed by atoms with van der Waals surface area (Å²) in [5.41, 5.74) is 1.94. The van der Waals surface area contributed by atoms with E-state index in [0.29, 0.717) is 13.0 Å². The third-order valence-corrected chi connectivity index (χ3v) is 4.67. The number of hydrogen-bond acceptors (Lipinski definition) is 3. The minimum Gasteiger partial charge on any atom is -0.481 e. The Bertz CT molecular complexity index is 644. The highest BCUT2D eigenvalue weighted by atomic mass is 16.4. The minimum atomic E-state index is -0.900. The van der Waals surface area contributed by atoms with Crippen molar-refractivity contribution in [2.75, 3.05) is 18.0 Å². The minimum absolute atomic E-state index is 0.0654. The van der Waals surface area contributed by atoms with Crippen LogP contribution in [0.5, 0.6) is 0 Å². The number of carboxylic acids is 1. The van der Waals surface area contributed by atoms with Crippen LogP contribution in [0.15, 0.2) is 24.3 Å². The maximum atomic E-state index is 12.4. The Balaban J connectivity index is 1.99. The van der Waals surface area contributed by atoms with Crippen molar-refractivity contribution in [1.82, 2.24) is 5.32 Å². The molecule has 2 rings (SSSR count). The molecule has 1 aromatic rings. The van der Waals surface area contributed by atoms with Gasteiger partial charge in [-0.2, -0.15) is 0 Å². The fraction of sp³-hybridized carbons (Fsp3) is 0.526. The van der Waals surface area contributed by atoms with Crippen LogP contribution in [0.25, 0.3) is 0 Å². The molecule has 2 amide bonds. The molecule has 1 aliphatic heterocycles. The molecule has 2 unspecified atom stereocenters. The maximum Gasteiger partial charge on any atom is 0.308 e. The van der Waals surface area contributed by atoms with Crippen molar-refractivity contribution < 1.29 is 19.5 Å². The van der Waals surface area contributed by atoms with Crippen molar-refractivity contribution >= 4 is 23.5 Å². The molecule has 0 bridgehead atoms. The number of benzene rings is 1. The van der Waals surface area contributed by atoms with Gasteiger partial charge in [0.15, 0.2) is 0 Å². The summed E-state index contributed by atoms with van der Waals surface area (Å²) in [5.74, 6) is -2.23. The fourth-order valence-corrected chi connectivity index (χ4v) is 3.22. The zero-order valence-corrected chi connectivity index (χ0v) is 14.8. The van der Waals surface area contributed by atoms with E-state index in [-0.39, 0.29) is 24.8 Å². The highest BCUT2D eigenvalue weighted by Crippen LogP contribution is 2.28. The average Bonchev–Trinajstić information content (AvgIpc) is 2.99. The summed E-state index contributed by atoms with van der Waals surface area (Å²) in [5, 5.41) is 11.9. The SMILES string of the molecule is CCCC(CNC(=O)C1CC(=O)N(c2ccccc2CC)C1)C(=O)O. The van der Waals surface area contributed by atoms with Crippen LogP contribution in [0, 0.1) is 11.8 Å². The molecule has 0 saturated carbocycles. The molecule has 1 heterocycles. The van der Waals surface area contributed by atoms with Gasteiger partial charge in [-0.05, 0) is 24.5 Å². The van der Waals surface area contributed by atoms with Crippen LogP contribution in [0.4, 0.5) is 5.69 Å². The number of aliphatic carboxylic acids is 1. The number of amides is 2. The smallest absolute Gasteiger partial charge is 0.308 e. The summed E-state index contributed by atoms with van der Waals surface area (Å²) < 4.78 is 0. The van der Waals surface area contributed by atoms with Crippen LogP contribution in [-0.2, 0) is 20.8 Å². The Hall–Kier alpha value is -2.37. The van der Waals surface area contributed by atoms with Crippen molar-refractivity contribution in [3.05, 3.63) is 29.8 Å². The Morgan fingerprint density at radius 1 is 1.32 bits per heavy atom. The van der Waals surface area contributed by atoms with E-state index in [0.717, 1.165) is 24.1 Å². The van der Waals surface area contributed by atoms with Crippen LogP contribution in [0.2, 0.25) is 0 Å². The lowest BCUT2D eigenvalue weighted by Gasteiger charge is -2.20. The zero-order valence-electron chi connectivity index (χ0n) is 14.8. The first-order valence-electron chi connectivity index (χ1n) is 8.86. The van der Waals surface area contributed by atoms with Crippen LogP contribution in [-0.4, -0.2) is 36.0 Å². The predicted molar refractivity (Wildman–Crippen MR) is 95.3 cm³/mol. The first kappa shape index (κ1) is 19.0.